The Morgan fingerprint density at radius 3 is 2.14 bits per heavy atom. The highest BCUT2D eigenvalue weighted by atomic mass is 16.5. The molecule has 0 heterocycles. The molecule has 7 heteroatoms. The number of carbonyl (C=O) groups is 2. The van der Waals surface area contributed by atoms with E-state index in [2.05, 4.69) is 0 Å². The van der Waals surface area contributed by atoms with Gasteiger partial charge in [-0.15, -0.1) is 0 Å². The molecule has 0 saturated carbocycles. The van der Waals surface area contributed by atoms with Gasteiger partial charge >= 0.3 is 5.97 Å². The zero-order valence-electron chi connectivity index (χ0n) is 23.7. The van der Waals surface area contributed by atoms with Gasteiger partial charge in [-0.05, 0) is 66.6 Å². The monoisotopic (exact) mass is 573 g/mol. The van der Waals surface area contributed by atoms with E-state index in [1.165, 1.54) is 0 Å². The van der Waals surface area contributed by atoms with Crippen molar-refractivity contribution < 1.29 is 28.9 Å². The number of rotatable bonds is 12. The molecule has 0 aliphatic heterocycles. The molecule has 5 rings (SSSR count). The van der Waals surface area contributed by atoms with Crippen LogP contribution in [0.4, 0.5) is 5.69 Å². The van der Waals surface area contributed by atoms with Gasteiger partial charge in [0.15, 0.2) is 18.1 Å². The average Bonchev–Trinajstić information content (AvgIpc) is 3.03. The molecule has 0 fully saturated rings. The third kappa shape index (κ3) is 8.01. The molecule has 0 saturated heterocycles. The highest BCUT2D eigenvalue weighted by Crippen LogP contribution is 2.32. The van der Waals surface area contributed by atoms with Crippen molar-refractivity contribution in [1.82, 2.24) is 0 Å². The maximum Gasteiger partial charge on any atom is 0.341 e. The summed E-state index contributed by atoms with van der Waals surface area (Å²) in [6.45, 7) is 1.88. The van der Waals surface area contributed by atoms with E-state index in [0.29, 0.717) is 28.5 Å². The molecule has 216 valence electrons. The Labute approximate surface area is 250 Å². The summed E-state index contributed by atoms with van der Waals surface area (Å²) in [7, 11) is 0. The number of ether oxygens (including phenoxy) is 3. The molecule has 5 aromatic rings. The van der Waals surface area contributed by atoms with E-state index in [0.717, 1.165) is 16.7 Å². The second-order valence-corrected chi connectivity index (χ2v) is 9.91. The highest BCUT2D eigenvalue weighted by molar-refractivity contribution is 6.06. The zero-order valence-corrected chi connectivity index (χ0v) is 23.7. The summed E-state index contributed by atoms with van der Waals surface area (Å²) in [4.78, 5) is 26.9. The van der Waals surface area contributed by atoms with E-state index in [-0.39, 0.29) is 24.8 Å². The number of hydrogen-bond donors (Lipinski definition) is 1. The first kappa shape index (κ1) is 29.0. The molecule has 0 atom stereocenters. The Kier molecular flexibility index (Phi) is 9.34. The summed E-state index contributed by atoms with van der Waals surface area (Å²) in [5.74, 6) is 0.649. The Morgan fingerprint density at radius 1 is 0.674 bits per heavy atom. The fourth-order valence-electron chi connectivity index (χ4n) is 4.49. The van der Waals surface area contributed by atoms with Crippen LogP contribution in [0.25, 0.3) is 0 Å². The number of anilines is 1. The van der Waals surface area contributed by atoms with Crippen molar-refractivity contribution in [3.8, 4) is 23.0 Å². The third-order valence-corrected chi connectivity index (χ3v) is 6.56. The second-order valence-electron chi connectivity index (χ2n) is 9.91. The highest BCUT2D eigenvalue weighted by Gasteiger charge is 2.20. The van der Waals surface area contributed by atoms with Gasteiger partial charge in [0.25, 0.3) is 5.91 Å². The molecule has 0 bridgehead atoms. The Morgan fingerprint density at radius 2 is 1.40 bits per heavy atom. The van der Waals surface area contributed by atoms with Crippen molar-refractivity contribution in [2.24, 2.45) is 0 Å². The van der Waals surface area contributed by atoms with Crippen LogP contribution in [0, 0.1) is 6.92 Å². The first-order chi connectivity index (χ1) is 20.9. The van der Waals surface area contributed by atoms with Gasteiger partial charge in [0.2, 0.25) is 0 Å². The van der Waals surface area contributed by atoms with Gasteiger partial charge in [0.1, 0.15) is 18.1 Å². The number of benzene rings is 5. The van der Waals surface area contributed by atoms with Crippen LogP contribution < -0.4 is 19.1 Å². The molecule has 1 amide bonds. The number of amides is 1. The number of carbonyl (C=O) groups excluding carboxylic acids is 1. The van der Waals surface area contributed by atoms with Crippen LogP contribution in [0.15, 0.2) is 127 Å². The van der Waals surface area contributed by atoms with Crippen LogP contribution in [0.3, 0.4) is 0 Å². The van der Waals surface area contributed by atoms with Gasteiger partial charge in [0, 0.05) is 17.3 Å². The first-order valence-electron chi connectivity index (χ1n) is 13.8. The first-order valence-corrected chi connectivity index (χ1v) is 13.8. The summed E-state index contributed by atoms with van der Waals surface area (Å²) in [5, 5.41) is 9.26. The molecule has 0 aliphatic carbocycles. The lowest BCUT2D eigenvalue weighted by atomic mass is 10.1. The molecule has 0 radical (unpaired) electrons. The number of carboxylic acids is 1. The van der Waals surface area contributed by atoms with E-state index in [9.17, 15) is 14.7 Å². The molecule has 1 N–H and O–H groups in total. The number of hydrogen-bond acceptors (Lipinski definition) is 5. The molecular weight excluding hydrogens is 542 g/mol. The largest absolute Gasteiger partial charge is 0.485 e. The standard InChI is InChI=1S/C36H31NO6/c1-26-10-8-13-29(20-26)36(40)37(30-14-9-17-32(22-30)43-31-15-6-3-7-16-31)23-28-18-19-33(34(21-28)42-25-35(38)39)41-24-27-11-4-2-5-12-27/h2-22H,23-25H2,1H3,(H,38,39). The predicted molar refractivity (Wildman–Crippen MR) is 165 cm³/mol. The number of carboxylic acid groups (broad SMARTS) is 1. The molecule has 0 spiro atoms. The fourth-order valence-corrected chi connectivity index (χ4v) is 4.49. The summed E-state index contributed by atoms with van der Waals surface area (Å²) in [6.07, 6.45) is 0. The minimum atomic E-state index is -1.11. The van der Waals surface area contributed by atoms with E-state index >= 15 is 0 Å². The van der Waals surface area contributed by atoms with Crippen LogP contribution >= 0.6 is 0 Å². The SMILES string of the molecule is Cc1cccc(C(=O)N(Cc2ccc(OCc3ccccc3)c(OCC(=O)O)c2)c2cccc(Oc3ccccc3)c2)c1. The Hall–Kier alpha value is -5.56. The topological polar surface area (TPSA) is 85.3 Å². The van der Waals surface area contributed by atoms with Gasteiger partial charge in [-0.1, -0.05) is 78.4 Å². The van der Waals surface area contributed by atoms with E-state index in [1.54, 1.807) is 23.1 Å². The molecular formula is C36H31NO6. The van der Waals surface area contributed by atoms with Gasteiger partial charge in [-0.3, -0.25) is 4.79 Å². The molecule has 0 aliphatic rings. The summed E-state index contributed by atoms with van der Waals surface area (Å²) >= 11 is 0. The van der Waals surface area contributed by atoms with Crippen molar-refractivity contribution >= 4 is 17.6 Å². The van der Waals surface area contributed by atoms with Crippen LogP contribution in [0.1, 0.15) is 27.0 Å². The summed E-state index contributed by atoms with van der Waals surface area (Å²) in [5.41, 5.74) is 3.83. The van der Waals surface area contributed by atoms with Crippen molar-refractivity contribution in [3.05, 3.63) is 150 Å². The Balaban J connectivity index is 1.46. The minimum Gasteiger partial charge on any atom is -0.485 e. The summed E-state index contributed by atoms with van der Waals surface area (Å²) in [6, 6.07) is 39.1. The van der Waals surface area contributed by atoms with E-state index < -0.39 is 12.6 Å². The van der Waals surface area contributed by atoms with Crippen LogP contribution in [-0.2, 0) is 17.9 Å². The number of aryl methyl sites for hydroxylation is 1. The lowest BCUT2D eigenvalue weighted by Gasteiger charge is -2.24. The number of para-hydroxylation sites is 1. The maximum atomic E-state index is 13.9. The zero-order chi connectivity index (χ0) is 30.0. The molecule has 0 aromatic heterocycles. The second kappa shape index (κ2) is 13.9. The lowest BCUT2D eigenvalue weighted by molar-refractivity contribution is -0.139. The van der Waals surface area contributed by atoms with Crippen LogP contribution in [0.2, 0.25) is 0 Å². The van der Waals surface area contributed by atoms with Gasteiger partial charge in [0.05, 0.1) is 6.54 Å². The molecule has 43 heavy (non-hydrogen) atoms. The number of nitrogens with zero attached hydrogens (tertiary/aromatic N) is 1. The molecule has 7 nitrogen and oxygen atoms in total. The normalized spacial score (nSPS) is 10.5. The Bertz CT molecular complexity index is 1690. The van der Waals surface area contributed by atoms with Crippen LogP contribution in [0.5, 0.6) is 23.0 Å². The van der Waals surface area contributed by atoms with Crippen molar-refractivity contribution in [3.63, 3.8) is 0 Å². The van der Waals surface area contributed by atoms with Crippen molar-refractivity contribution in [1.29, 1.82) is 0 Å². The smallest absolute Gasteiger partial charge is 0.341 e. The fraction of sp³-hybridized carbons (Fsp3) is 0.111. The van der Waals surface area contributed by atoms with Gasteiger partial charge in [-0.25, -0.2) is 4.79 Å². The van der Waals surface area contributed by atoms with Crippen LogP contribution in [-0.4, -0.2) is 23.6 Å². The van der Waals surface area contributed by atoms with E-state index in [4.69, 9.17) is 14.2 Å². The maximum absolute atomic E-state index is 13.9. The van der Waals surface area contributed by atoms with E-state index in [1.807, 2.05) is 116 Å². The van der Waals surface area contributed by atoms with Gasteiger partial charge in [-0.2, -0.15) is 0 Å². The lowest BCUT2D eigenvalue weighted by Crippen LogP contribution is -2.30. The quantitative estimate of drug-likeness (QED) is 0.165. The minimum absolute atomic E-state index is 0.184. The average molecular weight is 574 g/mol. The third-order valence-electron chi connectivity index (χ3n) is 6.56. The summed E-state index contributed by atoms with van der Waals surface area (Å²) < 4.78 is 17.6. The predicted octanol–water partition coefficient (Wildman–Crippen LogP) is 7.68. The van der Waals surface area contributed by atoms with Gasteiger partial charge < -0.3 is 24.2 Å². The number of aliphatic carboxylic acids is 1. The van der Waals surface area contributed by atoms with Crippen molar-refractivity contribution in [2.75, 3.05) is 11.5 Å². The van der Waals surface area contributed by atoms with Crippen molar-refractivity contribution in [2.45, 2.75) is 20.1 Å². The molecule has 5 aromatic carbocycles. The molecule has 0 unspecified atom stereocenters.